The summed E-state index contributed by atoms with van der Waals surface area (Å²) in [6.45, 7) is 7.20. The number of halogens is 2. The molecule has 6 nitrogen and oxygen atoms in total. The van der Waals surface area contributed by atoms with Crippen molar-refractivity contribution < 1.29 is 9.53 Å². The van der Waals surface area contributed by atoms with E-state index in [1.54, 1.807) is 6.07 Å². The van der Waals surface area contributed by atoms with Crippen molar-refractivity contribution in [3.05, 3.63) is 58.3 Å². The minimum atomic E-state index is -0.258. The van der Waals surface area contributed by atoms with Crippen molar-refractivity contribution in [2.24, 2.45) is 0 Å². The van der Waals surface area contributed by atoms with Crippen LogP contribution in [-0.4, -0.2) is 58.7 Å². The molecule has 0 bridgehead atoms. The van der Waals surface area contributed by atoms with Crippen molar-refractivity contribution in [3.8, 4) is 0 Å². The first-order valence-corrected chi connectivity index (χ1v) is 12.3. The Hall–Kier alpha value is -2.28. The van der Waals surface area contributed by atoms with E-state index in [4.69, 9.17) is 27.9 Å². The van der Waals surface area contributed by atoms with Gasteiger partial charge in [-0.05, 0) is 62.6 Å². The van der Waals surface area contributed by atoms with Crippen LogP contribution in [0.1, 0.15) is 38.3 Å². The number of carbonyl (C=O) groups is 1. The molecule has 1 amide bonds. The lowest BCUT2D eigenvalue weighted by Gasteiger charge is -2.41. The molecule has 2 fully saturated rings. The molecule has 2 aliphatic rings. The molecule has 0 aliphatic carbocycles. The lowest BCUT2D eigenvalue weighted by molar-refractivity contribution is -0.143. The summed E-state index contributed by atoms with van der Waals surface area (Å²) in [5.74, 6) is 0.141. The maximum absolute atomic E-state index is 12.8. The van der Waals surface area contributed by atoms with Crippen molar-refractivity contribution >= 4 is 45.8 Å². The van der Waals surface area contributed by atoms with Gasteiger partial charge in [0.1, 0.15) is 6.10 Å². The summed E-state index contributed by atoms with van der Waals surface area (Å²) in [5.41, 5.74) is 4.13. The number of hydrogen-bond acceptors (Lipinski definition) is 4. The number of aromatic nitrogens is 2. The number of rotatable bonds is 4. The van der Waals surface area contributed by atoms with Gasteiger partial charge in [-0.2, -0.15) is 0 Å². The molecule has 0 radical (unpaired) electrons. The molecule has 174 valence electrons. The number of hydrogen-bond donors (Lipinski definition) is 0. The lowest BCUT2D eigenvalue weighted by Crippen LogP contribution is -2.56. The van der Waals surface area contributed by atoms with Crippen LogP contribution in [-0.2, 0) is 9.53 Å². The summed E-state index contributed by atoms with van der Waals surface area (Å²) in [6.07, 6.45) is 3.41. The van der Waals surface area contributed by atoms with Crippen LogP contribution >= 0.6 is 23.2 Å². The maximum atomic E-state index is 12.8. The van der Waals surface area contributed by atoms with Gasteiger partial charge in [-0.1, -0.05) is 29.3 Å². The predicted molar refractivity (Wildman–Crippen MR) is 132 cm³/mol. The Labute approximate surface area is 204 Å². The van der Waals surface area contributed by atoms with E-state index in [1.165, 1.54) is 0 Å². The molecule has 1 aromatic heterocycles. The summed E-state index contributed by atoms with van der Waals surface area (Å²) in [5, 5.41) is 1.27. The number of piperazine rings is 1. The van der Waals surface area contributed by atoms with Gasteiger partial charge in [0, 0.05) is 48.0 Å². The minimum Gasteiger partial charge on any atom is -0.368 e. The van der Waals surface area contributed by atoms with Crippen LogP contribution in [0.5, 0.6) is 0 Å². The van der Waals surface area contributed by atoms with E-state index in [0.29, 0.717) is 23.2 Å². The molecule has 0 N–H and O–H groups in total. The molecule has 2 aliphatic heterocycles. The smallest absolute Gasteiger partial charge is 0.252 e. The van der Waals surface area contributed by atoms with Gasteiger partial charge in [0.15, 0.2) is 0 Å². The van der Waals surface area contributed by atoms with Crippen molar-refractivity contribution in [3.63, 3.8) is 0 Å². The lowest BCUT2D eigenvalue weighted by atomic mass is 10.1. The van der Waals surface area contributed by atoms with Crippen LogP contribution in [0.3, 0.4) is 0 Å². The number of imidazole rings is 1. The van der Waals surface area contributed by atoms with Crippen LogP contribution in [0.4, 0.5) is 5.69 Å². The average molecular weight is 487 g/mol. The van der Waals surface area contributed by atoms with Crippen LogP contribution in [0.25, 0.3) is 11.0 Å². The highest BCUT2D eigenvalue weighted by Gasteiger charge is 2.34. The number of ether oxygens (including phenoxy) is 1. The molecule has 5 rings (SSSR count). The molecule has 2 saturated heterocycles. The third-order valence-electron chi connectivity index (χ3n) is 6.87. The standard InChI is InChI=1S/C25H28Cl2N4O2/c1-16-14-29(9-10-30(16)25(32)24-4-3-11-33-24)19-6-8-22-23(13-19)31(15-28-22)17(2)20-7-5-18(26)12-21(20)27/h5-8,12-13,15-17,24H,3-4,9-11,14H2,1-2H3/t16-,17-,24-/m1/s1. The molecule has 3 aromatic rings. The van der Waals surface area contributed by atoms with E-state index in [0.717, 1.165) is 48.2 Å². The number of benzene rings is 2. The molecule has 0 unspecified atom stereocenters. The van der Waals surface area contributed by atoms with Crippen LogP contribution in [0, 0.1) is 0 Å². The summed E-state index contributed by atoms with van der Waals surface area (Å²) >= 11 is 12.6. The molecule has 8 heteroatoms. The van der Waals surface area contributed by atoms with Gasteiger partial charge >= 0.3 is 0 Å². The topological polar surface area (TPSA) is 50.6 Å². The van der Waals surface area contributed by atoms with Gasteiger partial charge in [-0.15, -0.1) is 0 Å². The van der Waals surface area contributed by atoms with E-state index >= 15 is 0 Å². The van der Waals surface area contributed by atoms with Crippen LogP contribution in [0.2, 0.25) is 10.0 Å². The summed E-state index contributed by atoms with van der Waals surface area (Å²) in [4.78, 5) is 21.8. The van der Waals surface area contributed by atoms with Gasteiger partial charge in [-0.25, -0.2) is 4.98 Å². The normalized spacial score (nSPS) is 22.2. The summed E-state index contributed by atoms with van der Waals surface area (Å²) < 4.78 is 7.77. The highest BCUT2D eigenvalue weighted by Crippen LogP contribution is 2.32. The zero-order valence-corrected chi connectivity index (χ0v) is 20.4. The Balaban J connectivity index is 1.37. The Morgan fingerprint density at radius 3 is 2.76 bits per heavy atom. The molecule has 3 atom stereocenters. The second-order valence-corrected chi connectivity index (χ2v) is 9.84. The van der Waals surface area contributed by atoms with Crippen molar-refractivity contribution in [1.29, 1.82) is 0 Å². The fourth-order valence-electron chi connectivity index (χ4n) is 4.99. The Morgan fingerprint density at radius 1 is 1.18 bits per heavy atom. The molecule has 3 heterocycles. The monoisotopic (exact) mass is 486 g/mol. The summed E-state index contributed by atoms with van der Waals surface area (Å²) in [7, 11) is 0. The van der Waals surface area contributed by atoms with Gasteiger partial charge < -0.3 is 19.1 Å². The van der Waals surface area contributed by atoms with Crippen LogP contribution < -0.4 is 4.90 Å². The maximum Gasteiger partial charge on any atom is 0.252 e. The fraction of sp³-hybridized carbons (Fsp3) is 0.440. The summed E-state index contributed by atoms with van der Waals surface area (Å²) in [6, 6.07) is 12.1. The number of fused-ring (bicyclic) bond motifs is 1. The molecular weight excluding hydrogens is 459 g/mol. The van der Waals surface area contributed by atoms with E-state index < -0.39 is 0 Å². The molecule has 0 saturated carbocycles. The highest BCUT2D eigenvalue weighted by molar-refractivity contribution is 6.35. The molecule has 2 aromatic carbocycles. The van der Waals surface area contributed by atoms with Crippen LogP contribution in [0.15, 0.2) is 42.7 Å². The molecule has 0 spiro atoms. The zero-order valence-electron chi connectivity index (χ0n) is 18.9. The Kier molecular flexibility index (Phi) is 6.25. The van der Waals surface area contributed by atoms with E-state index in [1.807, 2.05) is 23.4 Å². The van der Waals surface area contributed by atoms with E-state index in [-0.39, 0.29) is 24.1 Å². The Bertz CT molecular complexity index is 1170. The van der Waals surface area contributed by atoms with Gasteiger partial charge in [0.25, 0.3) is 5.91 Å². The number of carbonyl (C=O) groups excluding carboxylic acids is 1. The van der Waals surface area contributed by atoms with Gasteiger partial charge in [0.05, 0.1) is 23.4 Å². The number of amides is 1. The van der Waals surface area contributed by atoms with Gasteiger partial charge in [0.2, 0.25) is 0 Å². The first-order chi connectivity index (χ1) is 15.9. The second-order valence-electron chi connectivity index (χ2n) is 8.99. The minimum absolute atomic E-state index is 0.00909. The number of anilines is 1. The first kappa shape index (κ1) is 22.5. The molecular formula is C25H28Cl2N4O2. The van der Waals surface area contributed by atoms with Crippen molar-refractivity contribution in [1.82, 2.24) is 14.5 Å². The van der Waals surface area contributed by atoms with Crippen molar-refractivity contribution in [2.45, 2.75) is 44.9 Å². The third kappa shape index (κ3) is 4.32. The Morgan fingerprint density at radius 2 is 2.03 bits per heavy atom. The largest absolute Gasteiger partial charge is 0.368 e. The fourth-order valence-corrected chi connectivity index (χ4v) is 5.55. The molecule has 33 heavy (non-hydrogen) atoms. The van der Waals surface area contributed by atoms with Gasteiger partial charge in [-0.3, -0.25) is 4.79 Å². The third-order valence-corrected chi connectivity index (χ3v) is 7.43. The highest BCUT2D eigenvalue weighted by atomic mass is 35.5. The van der Waals surface area contributed by atoms with E-state index in [2.05, 4.69) is 46.5 Å². The quantitative estimate of drug-likeness (QED) is 0.510. The van der Waals surface area contributed by atoms with Crippen molar-refractivity contribution in [2.75, 3.05) is 31.1 Å². The average Bonchev–Trinajstić information content (AvgIpc) is 3.48. The van der Waals surface area contributed by atoms with E-state index in [9.17, 15) is 4.79 Å². The number of nitrogens with zero attached hydrogens (tertiary/aromatic N) is 4. The second kappa shape index (κ2) is 9.16. The SMILES string of the molecule is C[C@@H]1CN(c2ccc3ncn([C@H](C)c4ccc(Cl)cc4Cl)c3c2)CCN1C(=O)[C@H]1CCCO1. The first-order valence-electron chi connectivity index (χ1n) is 11.5. The zero-order chi connectivity index (χ0) is 23.1. The predicted octanol–water partition coefficient (Wildman–Crippen LogP) is 5.17.